The fourth-order valence-electron chi connectivity index (χ4n) is 3.44. The minimum absolute atomic E-state index is 0.106. The Labute approximate surface area is 148 Å². The summed E-state index contributed by atoms with van der Waals surface area (Å²) >= 11 is 6.01. The van der Waals surface area contributed by atoms with E-state index in [4.69, 9.17) is 16.3 Å². The molecule has 1 aliphatic heterocycles. The second kappa shape index (κ2) is 6.14. The predicted octanol–water partition coefficient (Wildman–Crippen LogP) is 3.66. The van der Waals surface area contributed by atoms with Crippen LogP contribution in [0.4, 0.5) is 0 Å². The number of halogens is 1. The fourth-order valence-corrected chi connectivity index (χ4v) is 3.57. The van der Waals surface area contributed by atoms with Gasteiger partial charge in [-0.2, -0.15) is 5.10 Å². The highest BCUT2D eigenvalue weighted by Crippen LogP contribution is 2.37. The molecule has 1 aliphatic rings. The molecule has 24 heavy (non-hydrogen) atoms. The van der Waals surface area contributed by atoms with Gasteiger partial charge >= 0.3 is 0 Å². The maximum atomic E-state index is 6.16. The van der Waals surface area contributed by atoms with Crippen LogP contribution in [0.2, 0.25) is 5.02 Å². The summed E-state index contributed by atoms with van der Waals surface area (Å²) in [6, 6.07) is 4.39. The molecule has 1 atom stereocenters. The average molecular weight is 349 g/mol. The van der Waals surface area contributed by atoms with Gasteiger partial charge in [-0.05, 0) is 47.1 Å². The molecule has 1 fully saturated rings. The van der Waals surface area contributed by atoms with Gasteiger partial charge in [-0.15, -0.1) is 0 Å². The topological polar surface area (TPSA) is 52.0 Å². The molecule has 0 spiro atoms. The molecular weight excluding hydrogens is 324 g/mol. The Morgan fingerprint density at radius 3 is 2.67 bits per heavy atom. The van der Waals surface area contributed by atoms with Gasteiger partial charge in [-0.1, -0.05) is 17.7 Å². The number of hydrogen-bond acceptors (Lipinski definition) is 4. The zero-order chi connectivity index (χ0) is 17.5. The van der Waals surface area contributed by atoms with Crippen molar-refractivity contribution in [2.75, 3.05) is 0 Å². The van der Waals surface area contributed by atoms with Gasteiger partial charge in [0.1, 0.15) is 0 Å². The van der Waals surface area contributed by atoms with E-state index in [-0.39, 0.29) is 17.2 Å². The molecule has 0 amide bonds. The van der Waals surface area contributed by atoms with Crippen LogP contribution in [0.5, 0.6) is 0 Å². The van der Waals surface area contributed by atoms with Crippen LogP contribution in [0.15, 0.2) is 24.5 Å². The molecule has 3 heterocycles. The number of nitrogens with zero attached hydrogens (tertiary/aromatic N) is 3. The van der Waals surface area contributed by atoms with Crippen molar-refractivity contribution < 1.29 is 4.74 Å². The van der Waals surface area contributed by atoms with E-state index in [1.165, 1.54) is 0 Å². The number of pyridine rings is 1. The summed E-state index contributed by atoms with van der Waals surface area (Å²) < 4.78 is 7.89. The second-order valence-corrected chi connectivity index (χ2v) is 8.08. The van der Waals surface area contributed by atoms with Gasteiger partial charge in [0.2, 0.25) is 0 Å². The standard InChI is InChI=1S/C18H25ClN4O/c1-12-6-7-13(16(22-12)23-11-14(19)10-21-23)9-20-15-8-17(2,3)24-18(15,4)5/h6-7,10-11,15,20H,8-9H2,1-5H3. The van der Waals surface area contributed by atoms with Crippen molar-refractivity contribution in [3.63, 3.8) is 0 Å². The maximum absolute atomic E-state index is 6.16. The third-order valence-electron chi connectivity index (χ3n) is 4.48. The lowest BCUT2D eigenvalue weighted by Crippen LogP contribution is -2.43. The normalized spacial score (nSPS) is 22.0. The smallest absolute Gasteiger partial charge is 0.158 e. The highest BCUT2D eigenvalue weighted by atomic mass is 35.5. The summed E-state index contributed by atoms with van der Waals surface area (Å²) in [4.78, 5) is 4.64. The first-order chi connectivity index (χ1) is 11.2. The first-order valence-electron chi connectivity index (χ1n) is 8.27. The Kier molecular flexibility index (Phi) is 4.45. The molecule has 0 aromatic carbocycles. The lowest BCUT2D eigenvalue weighted by molar-refractivity contribution is -0.0699. The first-order valence-corrected chi connectivity index (χ1v) is 8.65. The summed E-state index contributed by atoms with van der Waals surface area (Å²) in [5.74, 6) is 0.811. The van der Waals surface area contributed by atoms with Gasteiger partial charge in [-0.3, -0.25) is 0 Å². The van der Waals surface area contributed by atoms with Crippen LogP contribution in [0, 0.1) is 6.92 Å². The van der Waals surface area contributed by atoms with Gasteiger partial charge in [0.15, 0.2) is 5.82 Å². The molecule has 0 radical (unpaired) electrons. The number of nitrogens with one attached hydrogen (secondary N) is 1. The second-order valence-electron chi connectivity index (χ2n) is 7.64. The summed E-state index contributed by atoms with van der Waals surface area (Å²) in [6.07, 6.45) is 4.37. The summed E-state index contributed by atoms with van der Waals surface area (Å²) in [6.45, 7) is 11.2. The molecule has 1 N–H and O–H groups in total. The Bertz CT molecular complexity index is 738. The molecule has 5 nitrogen and oxygen atoms in total. The maximum Gasteiger partial charge on any atom is 0.158 e. The number of hydrogen-bond donors (Lipinski definition) is 1. The Morgan fingerprint density at radius 1 is 1.33 bits per heavy atom. The zero-order valence-corrected chi connectivity index (χ0v) is 15.7. The zero-order valence-electron chi connectivity index (χ0n) is 14.9. The minimum Gasteiger partial charge on any atom is -0.368 e. The van der Waals surface area contributed by atoms with Crippen molar-refractivity contribution >= 4 is 11.6 Å². The molecule has 3 rings (SSSR count). The first kappa shape index (κ1) is 17.4. The van der Waals surface area contributed by atoms with E-state index in [0.29, 0.717) is 11.6 Å². The Balaban J connectivity index is 1.81. The van der Waals surface area contributed by atoms with Crippen molar-refractivity contribution in [2.45, 2.75) is 64.8 Å². The van der Waals surface area contributed by atoms with Crippen molar-refractivity contribution in [3.05, 3.63) is 40.8 Å². The summed E-state index contributed by atoms with van der Waals surface area (Å²) in [5.41, 5.74) is 1.73. The predicted molar refractivity (Wildman–Crippen MR) is 95.6 cm³/mol. The van der Waals surface area contributed by atoms with Crippen molar-refractivity contribution in [1.82, 2.24) is 20.1 Å². The van der Waals surface area contributed by atoms with Gasteiger partial charge in [0.05, 0.1) is 28.6 Å². The van der Waals surface area contributed by atoms with Crippen molar-refractivity contribution in [3.8, 4) is 5.82 Å². The van der Waals surface area contributed by atoms with Crippen LogP contribution >= 0.6 is 11.6 Å². The fraction of sp³-hybridized carbons (Fsp3) is 0.556. The largest absolute Gasteiger partial charge is 0.368 e. The molecule has 0 bridgehead atoms. The molecule has 0 saturated carbocycles. The highest BCUT2D eigenvalue weighted by Gasteiger charge is 2.45. The van der Waals surface area contributed by atoms with Gasteiger partial charge in [0.25, 0.3) is 0 Å². The number of aromatic nitrogens is 3. The van der Waals surface area contributed by atoms with E-state index in [2.05, 4.69) is 49.2 Å². The number of aryl methyl sites for hydroxylation is 1. The molecule has 6 heteroatoms. The van der Waals surface area contributed by atoms with Gasteiger partial charge in [0, 0.05) is 23.8 Å². The highest BCUT2D eigenvalue weighted by molar-refractivity contribution is 6.30. The van der Waals surface area contributed by atoms with Crippen LogP contribution in [0.1, 0.15) is 45.4 Å². The van der Waals surface area contributed by atoms with Crippen LogP contribution in [0.25, 0.3) is 5.82 Å². The van der Waals surface area contributed by atoms with E-state index in [0.717, 1.165) is 23.5 Å². The summed E-state index contributed by atoms with van der Waals surface area (Å²) in [5, 5.41) is 8.53. The van der Waals surface area contributed by atoms with E-state index in [9.17, 15) is 0 Å². The lowest BCUT2D eigenvalue weighted by atomic mass is 9.94. The number of rotatable bonds is 4. The lowest BCUT2D eigenvalue weighted by Gasteiger charge is -2.28. The third-order valence-corrected chi connectivity index (χ3v) is 4.67. The Morgan fingerprint density at radius 2 is 2.08 bits per heavy atom. The van der Waals surface area contributed by atoms with E-state index in [1.807, 2.05) is 13.0 Å². The molecule has 1 saturated heterocycles. The van der Waals surface area contributed by atoms with Crippen LogP contribution < -0.4 is 5.32 Å². The SMILES string of the molecule is Cc1ccc(CNC2CC(C)(C)OC2(C)C)c(-n2cc(Cl)cn2)n1. The van der Waals surface area contributed by atoms with Crippen LogP contribution in [0.3, 0.4) is 0 Å². The number of ether oxygens (including phenoxy) is 1. The molecule has 0 aliphatic carbocycles. The quantitative estimate of drug-likeness (QED) is 0.916. The molecule has 2 aromatic rings. The van der Waals surface area contributed by atoms with E-state index in [1.54, 1.807) is 17.1 Å². The van der Waals surface area contributed by atoms with E-state index < -0.39 is 0 Å². The van der Waals surface area contributed by atoms with Gasteiger partial charge in [-0.25, -0.2) is 9.67 Å². The average Bonchev–Trinajstić information content (AvgIpc) is 2.97. The Hall–Kier alpha value is -1.43. The van der Waals surface area contributed by atoms with Crippen LogP contribution in [-0.4, -0.2) is 32.0 Å². The molecular formula is C18H25ClN4O. The molecule has 1 unspecified atom stereocenters. The van der Waals surface area contributed by atoms with Gasteiger partial charge < -0.3 is 10.1 Å². The van der Waals surface area contributed by atoms with Crippen LogP contribution in [-0.2, 0) is 11.3 Å². The van der Waals surface area contributed by atoms with Crippen molar-refractivity contribution in [1.29, 1.82) is 0 Å². The molecule has 130 valence electrons. The summed E-state index contributed by atoms with van der Waals surface area (Å²) in [7, 11) is 0. The van der Waals surface area contributed by atoms with E-state index >= 15 is 0 Å². The molecule has 2 aromatic heterocycles. The third kappa shape index (κ3) is 3.63. The monoisotopic (exact) mass is 348 g/mol. The van der Waals surface area contributed by atoms with Crippen molar-refractivity contribution in [2.24, 2.45) is 0 Å². The minimum atomic E-state index is -0.198.